The van der Waals surface area contributed by atoms with Crippen LogP contribution in [0, 0.1) is 6.92 Å². The molecule has 197 valence electrons. The van der Waals surface area contributed by atoms with Gasteiger partial charge in [0.05, 0.1) is 0 Å². The molecule has 1 radical (unpaired) electrons. The molecule has 2 heteroatoms. The fourth-order valence-corrected chi connectivity index (χ4v) is 4.63. The summed E-state index contributed by atoms with van der Waals surface area (Å²) in [6, 6.07) is 0. The average Bonchev–Trinajstić information content (AvgIpc) is 2.80. The molecule has 0 aromatic heterocycles. The number of unbranched alkanes of at least 4 members (excludes halogenated alkanes) is 22. The van der Waals surface area contributed by atoms with Gasteiger partial charge in [0.1, 0.15) is 6.10 Å². The van der Waals surface area contributed by atoms with Gasteiger partial charge in [0.15, 0.2) is 0 Å². The Kier molecular flexibility index (Phi) is 27.3. The Morgan fingerprint density at radius 3 is 1.18 bits per heavy atom. The molecule has 0 aromatic rings. The highest BCUT2D eigenvalue weighted by atomic mass is 16.5. The van der Waals surface area contributed by atoms with Gasteiger partial charge in [-0.05, 0) is 26.2 Å². The molecular formula is C31H61O2. The second kappa shape index (κ2) is 27.7. The smallest absolute Gasteiger partial charge is 0.306 e. The molecule has 2 nitrogen and oxygen atoms in total. The minimum atomic E-state index is -0.154. The summed E-state index contributed by atoms with van der Waals surface area (Å²) in [7, 11) is 0. The minimum absolute atomic E-state index is 0.0411. The Morgan fingerprint density at radius 2 is 0.818 bits per heavy atom. The third-order valence-electron chi connectivity index (χ3n) is 6.91. The Bertz CT molecular complexity index is 379. The zero-order valence-electron chi connectivity index (χ0n) is 23.0. The topological polar surface area (TPSA) is 26.3 Å². The third-order valence-corrected chi connectivity index (χ3v) is 6.91. The lowest BCUT2D eigenvalue weighted by Crippen LogP contribution is -2.14. The summed E-state index contributed by atoms with van der Waals surface area (Å²) in [6.45, 7) is 8.57. The van der Waals surface area contributed by atoms with Crippen LogP contribution in [0.2, 0.25) is 0 Å². The lowest BCUT2D eigenvalue weighted by atomic mass is 10.0. The number of rotatable bonds is 27. The van der Waals surface area contributed by atoms with Crippen molar-refractivity contribution in [3.63, 3.8) is 0 Å². The van der Waals surface area contributed by atoms with Crippen LogP contribution in [-0.2, 0) is 9.53 Å². The van der Waals surface area contributed by atoms with Crippen LogP contribution < -0.4 is 0 Å². The van der Waals surface area contributed by atoms with Crippen molar-refractivity contribution in [1.29, 1.82) is 0 Å². The Labute approximate surface area is 209 Å². The average molecular weight is 466 g/mol. The molecule has 0 N–H and O–H groups in total. The van der Waals surface area contributed by atoms with Crippen LogP contribution in [0.25, 0.3) is 0 Å². The normalized spacial score (nSPS) is 12.2. The van der Waals surface area contributed by atoms with Gasteiger partial charge in [-0.3, -0.25) is 4.79 Å². The van der Waals surface area contributed by atoms with Crippen LogP contribution in [0.15, 0.2) is 0 Å². The zero-order chi connectivity index (χ0) is 24.2. The Morgan fingerprint density at radius 1 is 0.515 bits per heavy atom. The predicted octanol–water partition coefficient (Wildman–Crippen LogP) is 10.9. The second-order valence-corrected chi connectivity index (χ2v) is 10.4. The van der Waals surface area contributed by atoms with Crippen LogP contribution in [0.1, 0.15) is 181 Å². The minimum Gasteiger partial charge on any atom is -0.462 e. The van der Waals surface area contributed by atoms with E-state index in [0.717, 1.165) is 25.7 Å². The summed E-state index contributed by atoms with van der Waals surface area (Å²) < 4.78 is 5.49. The molecule has 0 aromatic carbocycles. The maximum atomic E-state index is 12.0. The number of carbonyl (C=O) groups is 1. The Hall–Kier alpha value is -0.530. The molecule has 0 aliphatic rings. The van der Waals surface area contributed by atoms with Gasteiger partial charge in [0.25, 0.3) is 0 Å². The molecule has 0 rings (SSSR count). The molecule has 0 bridgehead atoms. The molecule has 0 fully saturated rings. The van der Waals surface area contributed by atoms with Gasteiger partial charge in [0, 0.05) is 6.42 Å². The van der Waals surface area contributed by atoms with Crippen molar-refractivity contribution in [1.82, 2.24) is 0 Å². The monoisotopic (exact) mass is 465 g/mol. The SMILES string of the molecule is [CH2]C(CCCCCCCCCCC)OC(=O)CCCCCCCCCCCCCCCCC. The van der Waals surface area contributed by atoms with E-state index in [2.05, 4.69) is 20.8 Å². The van der Waals surface area contributed by atoms with Crippen molar-refractivity contribution in [3.8, 4) is 0 Å². The predicted molar refractivity (Wildman–Crippen MR) is 147 cm³/mol. The van der Waals surface area contributed by atoms with Crippen LogP contribution in [0.4, 0.5) is 0 Å². The first-order valence-electron chi connectivity index (χ1n) is 15.2. The largest absolute Gasteiger partial charge is 0.462 e. The molecule has 0 spiro atoms. The van der Waals surface area contributed by atoms with Crippen LogP contribution in [-0.4, -0.2) is 12.1 Å². The molecule has 0 heterocycles. The first kappa shape index (κ1) is 32.5. The highest BCUT2D eigenvalue weighted by Gasteiger charge is 2.09. The molecule has 0 saturated carbocycles. The zero-order valence-corrected chi connectivity index (χ0v) is 23.0. The van der Waals surface area contributed by atoms with E-state index in [4.69, 9.17) is 4.74 Å². The summed E-state index contributed by atoms with van der Waals surface area (Å²) in [5.74, 6) is -0.0411. The summed E-state index contributed by atoms with van der Waals surface area (Å²) in [5, 5.41) is 0. The highest BCUT2D eigenvalue weighted by Crippen LogP contribution is 2.15. The highest BCUT2D eigenvalue weighted by molar-refractivity contribution is 5.69. The first-order chi connectivity index (χ1) is 16.2. The van der Waals surface area contributed by atoms with E-state index in [0.29, 0.717) is 6.42 Å². The quantitative estimate of drug-likeness (QED) is 0.0890. The van der Waals surface area contributed by atoms with E-state index in [-0.39, 0.29) is 12.1 Å². The van der Waals surface area contributed by atoms with Crippen molar-refractivity contribution in [2.75, 3.05) is 0 Å². The summed E-state index contributed by atoms with van der Waals surface area (Å²) >= 11 is 0. The number of ether oxygens (including phenoxy) is 1. The van der Waals surface area contributed by atoms with Crippen LogP contribution in [0.5, 0.6) is 0 Å². The second-order valence-electron chi connectivity index (χ2n) is 10.4. The van der Waals surface area contributed by atoms with Crippen LogP contribution >= 0.6 is 0 Å². The summed E-state index contributed by atoms with van der Waals surface area (Å²) in [5.41, 5.74) is 0. The van der Waals surface area contributed by atoms with Crippen molar-refractivity contribution >= 4 is 5.97 Å². The van der Waals surface area contributed by atoms with Gasteiger partial charge < -0.3 is 4.74 Å². The summed E-state index contributed by atoms with van der Waals surface area (Å²) in [6.07, 6.45) is 33.5. The molecule has 0 aliphatic heterocycles. The summed E-state index contributed by atoms with van der Waals surface area (Å²) in [4.78, 5) is 12.0. The number of carbonyl (C=O) groups excluding carboxylic acids is 1. The fourth-order valence-electron chi connectivity index (χ4n) is 4.63. The fraction of sp³-hybridized carbons (Fsp3) is 0.935. The van der Waals surface area contributed by atoms with Gasteiger partial charge >= 0.3 is 5.97 Å². The molecule has 1 unspecified atom stereocenters. The number of esters is 1. The molecule has 1 atom stereocenters. The van der Waals surface area contributed by atoms with Crippen molar-refractivity contribution < 1.29 is 9.53 Å². The van der Waals surface area contributed by atoms with Crippen molar-refractivity contribution in [3.05, 3.63) is 6.92 Å². The lowest BCUT2D eigenvalue weighted by Gasteiger charge is -2.13. The van der Waals surface area contributed by atoms with E-state index >= 15 is 0 Å². The van der Waals surface area contributed by atoms with E-state index < -0.39 is 0 Å². The van der Waals surface area contributed by atoms with Gasteiger partial charge in [-0.1, -0.05) is 155 Å². The van der Waals surface area contributed by atoms with Gasteiger partial charge in [-0.2, -0.15) is 0 Å². The van der Waals surface area contributed by atoms with Gasteiger partial charge in [0.2, 0.25) is 0 Å². The van der Waals surface area contributed by atoms with E-state index in [1.807, 2.05) is 0 Å². The molecule has 0 saturated heterocycles. The molecular weight excluding hydrogens is 404 g/mol. The maximum absolute atomic E-state index is 12.0. The van der Waals surface area contributed by atoms with E-state index in [1.165, 1.54) is 135 Å². The Balaban J connectivity index is 3.27. The van der Waals surface area contributed by atoms with Gasteiger partial charge in [-0.15, -0.1) is 0 Å². The molecule has 0 aliphatic carbocycles. The van der Waals surface area contributed by atoms with Gasteiger partial charge in [-0.25, -0.2) is 0 Å². The van der Waals surface area contributed by atoms with Crippen LogP contribution in [0.3, 0.4) is 0 Å². The first-order valence-corrected chi connectivity index (χ1v) is 15.2. The van der Waals surface area contributed by atoms with Crippen molar-refractivity contribution in [2.45, 2.75) is 187 Å². The molecule has 33 heavy (non-hydrogen) atoms. The third kappa shape index (κ3) is 27.6. The van der Waals surface area contributed by atoms with Crippen molar-refractivity contribution in [2.24, 2.45) is 0 Å². The van der Waals surface area contributed by atoms with E-state index in [1.54, 1.807) is 0 Å². The standard InChI is InChI=1S/C31H61O2/c1-4-6-8-10-12-14-15-16-17-18-19-21-23-25-27-29-31(32)33-30(3)28-26-24-22-20-13-11-9-7-5-2/h30H,3-29H2,1-2H3. The number of hydrogen-bond acceptors (Lipinski definition) is 2. The lowest BCUT2D eigenvalue weighted by molar-refractivity contribution is -0.147. The number of hydrogen-bond donors (Lipinski definition) is 0. The molecule has 0 amide bonds. The maximum Gasteiger partial charge on any atom is 0.306 e. The van der Waals surface area contributed by atoms with E-state index in [9.17, 15) is 4.79 Å².